The Balaban J connectivity index is 0.000000720. The first kappa shape index (κ1) is 6.09. The molecule has 0 fully saturated rings. The Kier molecular flexibility index (Phi) is 1.22. The molecule has 0 aliphatic heterocycles. The number of rotatable bonds is 0. The van der Waals surface area contributed by atoms with Gasteiger partial charge in [0.1, 0.15) is 11.7 Å². The number of aromatic nitrogens is 1. The molecule has 0 bridgehead atoms. The van der Waals surface area contributed by atoms with Crippen LogP contribution < -0.4 is 5.63 Å². The lowest BCUT2D eigenvalue weighted by molar-refractivity contribution is 0.555. The van der Waals surface area contributed by atoms with Crippen molar-refractivity contribution in [2.45, 2.75) is 0 Å². The third-order valence-corrected chi connectivity index (χ3v) is 1.38. The first-order valence-corrected chi connectivity index (χ1v) is 3.21. The quantitative estimate of drug-likeness (QED) is 0.565. The van der Waals surface area contributed by atoms with Crippen molar-refractivity contribution in [2.75, 3.05) is 0 Å². The highest BCUT2D eigenvalue weighted by Gasteiger charge is 1.93. The van der Waals surface area contributed by atoms with Gasteiger partial charge in [-0.15, -0.1) is 0 Å². The van der Waals surface area contributed by atoms with Crippen molar-refractivity contribution in [3.63, 3.8) is 0 Å². The van der Waals surface area contributed by atoms with Crippen molar-refractivity contribution in [3.05, 3.63) is 40.9 Å². The summed E-state index contributed by atoms with van der Waals surface area (Å²) in [6, 6.07) is 7.14. The van der Waals surface area contributed by atoms with Gasteiger partial charge < -0.3 is 4.42 Å². The molecule has 2 rings (SSSR count). The summed E-state index contributed by atoms with van der Waals surface area (Å²) >= 11 is 0. The SMILES string of the molecule is O=c1cnc2ccccc2o1.[H+]. The Morgan fingerprint density at radius 1 is 1.36 bits per heavy atom. The van der Waals surface area contributed by atoms with Gasteiger partial charge in [0.2, 0.25) is 0 Å². The van der Waals surface area contributed by atoms with Crippen molar-refractivity contribution in [1.29, 1.82) is 0 Å². The molecule has 0 atom stereocenters. The fourth-order valence-corrected chi connectivity index (χ4v) is 0.907. The first-order chi connectivity index (χ1) is 5.36. The molecule has 3 heteroatoms. The van der Waals surface area contributed by atoms with E-state index < -0.39 is 5.63 Å². The summed E-state index contributed by atoms with van der Waals surface area (Å²) in [5, 5.41) is 0. The molecule has 1 aromatic carbocycles. The van der Waals surface area contributed by atoms with Crippen molar-refractivity contribution < 1.29 is 5.84 Å². The Morgan fingerprint density at radius 3 is 3.09 bits per heavy atom. The van der Waals surface area contributed by atoms with Crippen molar-refractivity contribution in [1.82, 2.24) is 4.98 Å². The van der Waals surface area contributed by atoms with Crippen LogP contribution in [-0.4, -0.2) is 4.98 Å². The van der Waals surface area contributed by atoms with E-state index in [1.165, 1.54) is 6.20 Å². The molecule has 3 nitrogen and oxygen atoms in total. The molecule has 0 spiro atoms. The lowest BCUT2D eigenvalue weighted by atomic mass is 10.3. The van der Waals surface area contributed by atoms with Gasteiger partial charge in [-0.25, -0.2) is 9.78 Å². The molecule has 2 aromatic rings. The Hall–Kier alpha value is -1.64. The van der Waals surface area contributed by atoms with Gasteiger partial charge in [0.15, 0.2) is 5.58 Å². The van der Waals surface area contributed by atoms with Crippen LogP contribution >= 0.6 is 0 Å². The van der Waals surface area contributed by atoms with E-state index in [2.05, 4.69) is 4.98 Å². The first-order valence-electron chi connectivity index (χ1n) is 3.21. The monoisotopic (exact) mass is 148 g/mol. The van der Waals surface area contributed by atoms with Crippen LogP contribution in [0.3, 0.4) is 0 Å². The zero-order valence-corrected chi connectivity index (χ0v) is 5.65. The van der Waals surface area contributed by atoms with Gasteiger partial charge in [0, 0.05) is 0 Å². The minimum Gasteiger partial charge on any atom is -0.420 e. The average molecular weight is 148 g/mol. The van der Waals surface area contributed by atoms with Gasteiger partial charge in [0.05, 0.1) is 0 Å². The molecule has 1 heterocycles. The van der Waals surface area contributed by atoms with Crippen molar-refractivity contribution in [2.24, 2.45) is 0 Å². The van der Waals surface area contributed by atoms with Crippen LogP contribution in [0.1, 0.15) is 1.43 Å². The van der Waals surface area contributed by atoms with E-state index in [1.807, 2.05) is 6.07 Å². The highest BCUT2D eigenvalue weighted by atomic mass is 16.4. The van der Waals surface area contributed by atoms with Gasteiger partial charge in [-0.1, -0.05) is 12.1 Å². The Bertz CT molecular complexity index is 438. The number of para-hydroxylation sites is 2. The summed E-state index contributed by atoms with van der Waals surface area (Å²) in [5.74, 6) is 0. The maximum absolute atomic E-state index is 10.7. The van der Waals surface area contributed by atoms with Crippen molar-refractivity contribution >= 4 is 11.1 Å². The zero-order valence-electron chi connectivity index (χ0n) is 6.65. The predicted octanol–water partition coefficient (Wildman–Crippen LogP) is 1.30. The molecule has 0 radical (unpaired) electrons. The molecule has 0 aliphatic rings. The van der Waals surface area contributed by atoms with Crippen molar-refractivity contribution in [3.8, 4) is 0 Å². The van der Waals surface area contributed by atoms with Gasteiger partial charge in [-0.05, 0) is 12.1 Å². The van der Waals surface area contributed by atoms with Crippen LogP contribution in [0.5, 0.6) is 0 Å². The highest BCUT2D eigenvalue weighted by molar-refractivity contribution is 5.70. The molecule has 0 saturated carbocycles. The summed E-state index contributed by atoms with van der Waals surface area (Å²) in [4.78, 5) is 14.5. The van der Waals surface area contributed by atoms with E-state index >= 15 is 0 Å². The standard InChI is InChI=1S/C8H5NO2/c10-8-5-9-6-3-1-2-4-7(6)11-8/h1-5H/p+1. The molecule has 0 amide bonds. The topological polar surface area (TPSA) is 43.1 Å². The third kappa shape index (κ3) is 1.00. The van der Waals surface area contributed by atoms with E-state index in [9.17, 15) is 4.79 Å². The fourth-order valence-electron chi connectivity index (χ4n) is 0.907. The second kappa shape index (κ2) is 2.20. The summed E-state index contributed by atoms with van der Waals surface area (Å²) in [5.41, 5.74) is 0.816. The highest BCUT2D eigenvalue weighted by Crippen LogP contribution is 2.05. The molecule has 0 N–H and O–H groups in total. The number of nitrogens with zero attached hydrogens (tertiary/aromatic N) is 1. The Labute approximate surface area is 63.8 Å². The normalized spacial score (nSPS) is 10.2. The molecule has 11 heavy (non-hydrogen) atoms. The summed E-state index contributed by atoms with van der Waals surface area (Å²) in [6.07, 6.45) is 1.17. The number of hydrogen-bond donors (Lipinski definition) is 0. The van der Waals surface area contributed by atoms with E-state index in [0.29, 0.717) is 11.1 Å². The summed E-state index contributed by atoms with van der Waals surface area (Å²) < 4.78 is 4.84. The molecule has 0 aliphatic carbocycles. The summed E-state index contributed by atoms with van der Waals surface area (Å²) in [6.45, 7) is 0. The van der Waals surface area contributed by atoms with Crippen LogP contribution in [0, 0.1) is 0 Å². The van der Waals surface area contributed by atoms with E-state index in [4.69, 9.17) is 4.42 Å². The molecular formula is C8H6NO2+. The van der Waals surface area contributed by atoms with Gasteiger partial charge in [-0.2, -0.15) is 0 Å². The van der Waals surface area contributed by atoms with E-state index in [-0.39, 0.29) is 1.43 Å². The maximum Gasteiger partial charge on any atom is 1.00 e. The third-order valence-electron chi connectivity index (χ3n) is 1.38. The Morgan fingerprint density at radius 2 is 2.18 bits per heavy atom. The minimum atomic E-state index is -0.413. The smallest absolute Gasteiger partial charge is 0.420 e. The number of hydrogen-bond acceptors (Lipinski definition) is 3. The number of benzene rings is 1. The summed E-state index contributed by atoms with van der Waals surface area (Å²) in [7, 11) is 0. The lowest BCUT2D eigenvalue weighted by Gasteiger charge is -1.90. The van der Waals surface area contributed by atoms with Crippen LogP contribution in [0.25, 0.3) is 11.1 Å². The lowest BCUT2D eigenvalue weighted by Crippen LogP contribution is -1.96. The van der Waals surface area contributed by atoms with Crippen LogP contribution in [-0.2, 0) is 0 Å². The molecule has 54 valence electrons. The van der Waals surface area contributed by atoms with Crippen LogP contribution in [0.4, 0.5) is 0 Å². The second-order valence-corrected chi connectivity index (χ2v) is 2.15. The largest absolute Gasteiger partial charge is 1.00 e. The predicted molar refractivity (Wildman–Crippen MR) is 41.4 cm³/mol. The van der Waals surface area contributed by atoms with Gasteiger partial charge >= 0.3 is 7.05 Å². The number of fused-ring (bicyclic) bond motifs is 1. The maximum atomic E-state index is 10.7. The molecular weight excluding hydrogens is 142 g/mol. The molecule has 0 unspecified atom stereocenters. The minimum absolute atomic E-state index is 0. The fraction of sp³-hybridized carbons (Fsp3) is 0. The second-order valence-electron chi connectivity index (χ2n) is 2.15. The van der Waals surface area contributed by atoms with E-state index in [0.717, 1.165) is 0 Å². The van der Waals surface area contributed by atoms with Gasteiger partial charge in [-0.3, -0.25) is 0 Å². The molecule has 0 saturated heterocycles. The van der Waals surface area contributed by atoms with E-state index in [1.54, 1.807) is 18.2 Å². The average Bonchev–Trinajstić information content (AvgIpc) is 2.04. The van der Waals surface area contributed by atoms with Crippen LogP contribution in [0.15, 0.2) is 39.7 Å². The van der Waals surface area contributed by atoms with Crippen LogP contribution in [0.2, 0.25) is 0 Å². The zero-order chi connectivity index (χ0) is 7.68. The van der Waals surface area contributed by atoms with Gasteiger partial charge in [0.25, 0.3) is 0 Å². The molecule has 1 aromatic heterocycles.